The second kappa shape index (κ2) is 11.1. The molecule has 0 aromatic heterocycles. The van der Waals surface area contributed by atoms with Gasteiger partial charge in [-0.15, -0.1) is 0 Å². The van der Waals surface area contributed by atoms with Crippen LogP contribution >= 0.6 is 0 Å². The molecule has 3 aliphatic rings. The topological polar surface area (TPSA) is 45.2 Å². The first-order valence-corrected chi connectivity index (χ1v) is 12.8. The van der Waals surface area contributed by atoms with E-state index in [2.05, 4.69) is 4.74 Å². The van der Waals surface area contributed by atoms with Crippen LogP contribution in [0.3, 0.4) is 0 Å². The van der Waals surface area contributed by atoms with E-state index in [1.54, 1.807) is 6.07 Å². The Morgan fingerprint density at radius 3 is 2.17 bits per heavy atom. The summed E-state index contributed by atoms with van der Waals surface area (Å²) in [6.07, 6.45) is -20.9. The summed E-state index contributed by atoms with van der Waals surface area (Å²) in [5.41, 5.74) is -0.172. The highest BCUT2D eigenvalue weighted by Gasteiger charge is 2.60. The van der Waals surface area contributed by atoms with Crippen molar-refractivity contribution in [3.63, 3.8) is 0 Å². The van der Waals surface area contributed by atoms with Crippen LogP contribution in [0.2, 0.25) is 0 Å². The van der Waals surface area contributed by atoms with E-state index >= 15 is 0 Å². The van der Waals surface area contributed by atoms with Crippen LogP contribution in [0.4, 0.5) is 50.0 Å². The third-order valence-electron chi connectivity index (χ3n) is 7.73. The smallest absolute Gasteiger partial charge is 0.426 e. The van der Waals surface area contributed by atoms with Gasteiger partial charge in [0.1, 0.15) is 0 Å². The van der Waals surface area contributed by atoms with Crippen molar-refractivity contribution in [2.24, 2.45) is 5.41 Å². The number of benzene rings is 1. The molecule has 15 heteroatoms. The first-order chi connectivity index (χ1) is 18.5. The molecule has 226 valence electrons. The molecule has 3 fully saturated rings. The number of amides is 1. The molecule has 0 saturated carbocycles. The van der Waals surface area contributed by atoms with Crippen LogP contribution in [0.15, 0.2) is 18.2 Å². The number of nitrogens with zero attached hydrogens (tertiary/aromatic N) is 3. The summed E-state index contributed by atoms with van der Waals surface area (Å²) in [6.45, 7) is 4.26. The Hall–Kier alpha value is -2.42. The van der Waals surface area contributed by atoms with Gasteiger partial charge in [-0.2, -0.15) is 39.5 Å². The van der Waals surface area contributed by atoms with Gasteiger partial charge in [0.25, 0.3) is 6.10 Å². The van der Waals surface area contributed by atoms with Crippen LogP contribution in [0.5, 0.6) is 0 Å². The third-order valence-corrected chi connectivity index (χ3v) is 7.73. The summed E-state index contributed by atoms with van der Waals surface area (Å²) in [5.74, 6) is 0. The Balaban J connectivity index is 1.38. The van der Waals surface area contributed by atoms with E-state index in [-0.39, 0.29) is 31.2 Å². The van der Waals surface area contributed by atoms with Crippen molar-refractivity contribution in [3.8, 4) is 0 Å². The maximum absolute atomic E-state index is 13.7. The summed E-state index contributed by atoms with van der Waals surface area (Å²) >= 11 is 0. The van der Waals surface area contributed by atoms with E-state index in [9.17, 15) is 44.3 Å². The molecule has 3 saturated heterocycles. The number of piperidine rings is 1. The zero-order valence-corrected chi connectivity index (χ0v) is 21.6. The summed E-state index contributed by atoms with van der Waals surface area (Å²) in [7, 11) is 0. The molecule has 1 spiro atoms. The molecule has 3 aliphatic heterocycles. The number of halogens is 9. The molecular formula is C25H30F9N3O3. The van der Waals surface area contributed by atoms with E-state index in [0.717, 1.165) is 17.0 Å². The van der Waals surface area contributed by atoms with Gasteiger partial charge < -0.3 is 19.3 Å². The molecule has 1 unspecified atom stereocenters. The Kier molecular flexibility index (Phi) is 8.48. The number of carbonyl (C=O) groups excluding carboxylic acids is 1. The fourth-order valence-electron chi connectivity index (χ4n) is 5.65. The fraction of sp³-hybridized carbons (Fsp3) is 0.720. The molecule has 1 amide bonds. The Morgan fingerprint density at radius 2 is 1.60 bits per heavy atom. The zero-order chi connectivity index (χ0) is 29.5. The third kappa shape index (κ3) is 7.25. The lowest BCUT2D eigenvalue weighted by Crippen LogP contribution is -2.50. The first-order valence-electron chi connectivity index (χ1n) is 12.8. The number of likely N-dealkylation sites (tertiary alicyclic amines) is 2. The number of rotatable bonds is 4. The largest absolute Gasteiger partial charge is 0.434 e. The van der Waals surface area contributed by atoms with Crippen molar-refractivity contribution in [1.82, 2.24) is 9.80 Å². The monoisotopic (exact) mass is 591 g/mol. The Morgan fingerprint density at radius 1 is 0.975 bits per heavy atom. The van der Waals surface area contributed by atoms with Gasteiger partial charge in [0, 0.05) is 45.0 Å². The minimum Gasteiger partial charge on any atom is -0.426 e. The van der Waals surface area contributed by atoms with Crippen LogP contribution < -0.4 is 4.90 Å². The molecule has 3 heterocycles. The van der Waals surface area contributed by atoms with Gasteiger partial charge in [0.2, 0.25) is 0 Å². The highest BCUT2D eigenvalue weighted by atomic mass is 19.4. The van der Waals surface area contributed by atoms with Gasteiger partial charge >= 0.3 is 24.6 Å². The molecule has 6 nitrogen and oxygen atoms in total. The molecule has 0 radical (unpaired) electrons. The molecule has 0 N–H and O–H groups in total. The molecular weight excluding hydrogens is 561 g/mol. The number of ether oxygens (including phenoxy) is 2. The van der Waals surface area contributed by atoms with Crippen LogP contribution in [-0.4, -0.2) is 86.3 Å². The second-order valence-electron chi connectivity index (χ2n) is 10.8. The quantitative estimate of drug-likeness (QED) is 0.412. The van der Waals surface area contributed by atoms with Crippen molar-refractivity contribution in [1.29, 1.82) is 0 Å². The molecule has 0 aliphatic carbocycles. The maximum Gasteiger partial charge on any atom is 0.434 e. The maximum atomic E-state index is 13.7. The summed E-state index contributed by atoms with van der Waals surface area (Å²) < 4.78 is 127. The normalized spacial score (nSPS) is 22.8. The van der Waals surface area contributed by atoms with Crippen LogP contribution in [0.25, 0.3) is 0 Å². The molecule has 4 rings (SSSR count). The van der Waals surface area contributed by atoms with Gasteiger partial charge in [-0.3, -0.25) is 4.90 Å². The van der Waals surface area contributed by atoms with Gasteiger partial charge in [-0.25, -0.2) is 4.79 Å². The van der Waals surface area contributed by atoms with Gasteiger partial charge in [0.15, 0.2) is 0 Å². The van der Waals surface area contributed by atoms with Crippen molar-refractivity contribution in [2.75, 3.05) is 50.8 Å². The lowest BCUT2D eigenvalue weighted by Gasteiger charge is -2.39. The lowest BCUT2D eigenvalue weighted by molar-refractivity contribution is -0.308. The summed E-state index contributed by atoms with van der Waals surface area (Å²) in [5, 5.41) is 0. The number of morpholine rings is 1. The lowest BCUT2D eigenvalue weighted by atomic mass is 9.78. The van der Waals surface area contributed by atoms with Gasteiger partial charge in [-0.05, 0) is 61.9 Å². The summed E-state index contributed by atoms with van der Waals surface area (Å²) in [6, 6.07) is 3.98. The van der Waals surface area contributed by atoms with E-state index in [4.69, 9.17) is 4.74 Å². The Labute approximate surface area is 225 Å². The van der Waals surface area contributed by atoms with E-state index < -0.39 is 36.3 Å². The number of anilines is 1. The van der Waals surface area contributed by atoms with Crippen molar-refractivity contribution >= 4 is 11.8 Å². The van der Waals surface area contributed by atoms with Crippen molar-refractivity contribution < 1.29 is 53.8 Å². The highest BCUT2D eigenvalue weighted by Crippen LogP contribution is 2.42. The van der Waals surface area contributed by atoms with Crippen molar-refractivity contribution in [2.45, 2.75) is 63.5 Å². The SMILES string of the molecule is CC1CN(c2cc(CN3CCC4(CCN(C(=O)OC(C(F)(F)F)C(F)(F)F)CC4)C3)cc(C(F)(F)F)c2)CCO1. The molecule has 0 bridgehead atoms. The molecule has 1 aromatic rings. The van der Waals surface area contributed by atoms with E-state index in [1.165, 1.54) is 0 Å². The zero-order valence-electron chi connectivity index (χ0n) is 21.6. The average Bonchev–Trinajstić information content (AvgIpc) is 3.22. The van der Waals surface area contributed by atoms with E-state index in [0.29, 0.717) is 63.3 Å². The predicted molar refractivity (Wildman–Crippen MR) is 125 cm³/mol. The van der Waals surface area contributed by atoms with Gasteiger partial charge in [-0.1, -0.05) is 0 Å². The van der Waals surface area contributed by atoms with Crippen LogP contribution in [0.1, 0.15) is 37.3 Å². The number of hydrogen-bond donors (Lipinski definition) is 0. The molecule has 1 aromatic carbocycles. The first kappa shape index (κ1) is 30.5. The number of carbonyl (C=O) groups is 1. The van der Waals surface area contributed by atoms with Crippen molar-refractivity contribution in [3.05, 3.63) is 29.3 Å². The standard InChI is InChI=1S/C25H30F9N3O3/c1-16-13-37(8-9-39-16)19-11-17(10-18(12-19)23(26,27)28)14-35-5-2-22(15-35)3-6-36(7-4-22)21(38)40-20(24(29,30)31)25(32,33)34/h10-12,16,20H,2-9,13-15H2,1H3. The van der Waals surface area contributed by atoms with E-state index in [1.807, 2.05) is 16.7 Å². The number of alkyl halides is 9. The van der Waals surface area contributed by atoms with Crippen LogP contribution in [-0.2, 0) is 22.2 Å². The molecule has 1 atom stereocenters. The fourth-order valence-corrected chi connectivity index (χ4v) is 5.65. The van der Waals surface area contributed by atoms with Gasteiger partial charge in [0.05, 0.1) is 18.3 Å². The minimum absolute atomic E-state index is 0.0853. The second-order valence-corrected chi connectivity index (χ2v) is 10.8. The molecule has 40 heavy (non-hydrogen) atoms. The number of hydrogen-bond acceptors (Lipinski definition) is 5. The summed E-state index contributed by atoms with van der Waals surface area (Å²) in [4.78, 5) is 16.8. The predicted octanol–water partition coefficient (Wildman–Crippen LogP) is 5.85. The minimum atomic E-state index is -5.79. The Bertz CT molecular complexity index is 1040. The van der Waals surface area contributed by atoms with Crippen LogP contribution in [0, 0.1) is 5.41 Å². The highest BCUT2D eigenvalue weighted by molar-refractivity contribution is 5.68. The average molecular weight is 592 g/mol.